The van der Waals surface area contributed by atoms with Gasteiger partial charge in [0.2, 0.25) is 0 Å². The lowest BCUT2D eigenvalue weighted by molar-refractivity contribution is 0.557. The van der Waals surface area contributed by atoms with Crippen LogP contribution < -0.4 is 16.1 Å². The third kappa shape index (κ3) is 3.89. The van der Waals surface area contributed by atoms with E-state index in [-0.39, 0.29) is 10.9 Å². The van der Waals surface area contributed by atoms with E-state index in [0.29, 0.717) is 11.3 Å². The van der Waals surface area contributed by atoms with Crippen molar-refractivity contribution in [1.82, 2.24) is 5.43 Å². The van der Waals surface area contributed by atoms with Crippen molar-refractivity contribution < 1.29 is 4.39 Å². The average molecular weight is 280 g/mol. The second-order valence-corrected chi connectivity index (χ2v) is 4.93. The highest BCUT2D eigenvalue weighted by Gasteiger charge is 2.14. The van der Waals surface area contributed by atoms with Gasteiger partial charge in [0.05, 0.1) is 11.9 Å². The van der Waals surface area contributed by atoms with Gasteiger partial charge < -0.3 is 10.6 Å². The van der Waals surface area contributed by atoms with Crippen LogP contribution in [-0.4, -0.2) is 24.4 Å². The Bertz CT molecular complexity index is 484. The van der Waals surface area contributed by atoms with Crippen LogP contribution in [0, 0.1) is 5.82 Å². The Morgan fingerprint density at radius 2 is 2.11 bits per heavy atom. The third-order valence-corrected chi connectivity index (χ3v) is 3.15. The molecule has 1 saturated heterocycles. The average Bonchev–Trinajstić information content (AvgIpc) is 2.39. The predicted molar refractivity (Wildman–Crippen MR) is 80.0 cm³/mol. The highest BCUT2D eigenvalue weighted by molar-refractivity contribution is 7.80. The Balaban J connectivity index is 2.08. The number of thiocarbonyl (C=S) groups is 1. The highest BCUT2D eigenvalue weighted by atomic mass is 32.1. The van der Waals surface area contributed by atoms with Crippen molar-refractivity contribution in [2.45, 2.75) is 19.3 Å². The number of halogens is 1. The molecule has 0 amide bonds. The van der Waals surface area contributed by atoms with Crippen LogP contribution in [0.25, 0.3) is 0 Å². The van der Waals surface area contributed by atoms with Crippen molar-refractivity contribution in [3.63, 3.8) is 0 Å². The normalized spacial score (nSPS) is 15.7. The number of nitrogens with zero attached hydrogens (tertiary/aromatic N) is 2. The zero-order valence-electron chi connectivity index (χ0n) is 10.6. The first kappa shape index (κ1) is 13.7. The van der Waals surface area contributed by atoms with E-state index in [9.17, 15) is 4.39 Å². The molecule has 0 bridgehead atoms. The van der Waals surface area contributed by atoms with Gasteiger partial charge in [-0.1, -0.05) is 6.07 Å². The van der Waals surface area contributed by atoms with Gasteiger partial charge in [-0.05, 0) is 49.2 Å². The number of hydrogen-bond acceptors (Lipinski definition) is 3. The summed E-state index contributed by atoms with van der Waals surface area (Å²) < 4.78 is 14.0. The Hall–Kier alpha value is -1.69. The van der Waals surface area contributed by atoms with Crippen LogP contribution in [0.3, 0.4) is 0 Å². The summed E-state index contributed by atoms with van der Waals surface area (Å²) in [6, 6.07) is 5.09. The van der Waals surface area contributed by atoms with Crippen LogP contribution in [0.5, 0.6) is 0 Å². The lowest BCUT2D eigenvalue weighted by Crippen LogP contribution is -2.30. The molecule has 6 heteroatoms. The van der Waals surface area contributed by atoms with Crippen LogP contribution in [0.15, 0.2) is 23.3 Å². The fourth-order valence-corrected chi connectivity index (χ4v) is 2.22. The van der Waals surface area contributed by atoms with Crippen LogP contribution in [0.4, 0.5) is 10.1 Å². The minimum Gasteiger partial charge on any atom is -0.375 e. The number of nitrogens with two attached hydrogens (primary N) is 1. The largest absolute Gasteiger partial charge is 0.375 e. The van der Waals surface area contributed by atoms with Gasteiger partial charge in [-0.25, -0.2) is 4.39 Å². The molecule has 2 rings (SSSR count). The SMILES string of the molecule is NC(=S)N/N=C/c1ccc(N2CCCCC2)c(F)c1. The standard InChI is InChI=1S/C13H17FN4S/c14-11-8-10(9-16-17-13(15)19)4-5-12(11)18-6-2-1-3-7-18/h4-5,8-9H,1-3,6-7H2,(H3,15,17,19)/b16-9+. The molecule has 1 heterocycles. The Kier molecular flexibility index (Phi) is 4.68. The van der Waals surface area contributed by atoms with Crippen molar-refractivity contribution in [3.8, 4) is 0 Å². The van der Waals surface area contributed by atoms with Crippen molar-refractivity contribution in [3.05, 3.63) is 29.6 Å². The van der Waals surface area contributed by atoms with Crippen molar-refractivity contribution in [2.75, 3.05) is 18.0 Å². The van der Waals surface area contributed by atoms with Gasteiger partial charge in [0.1, 0.15) is 5.82 Å². The molecular formula is C13H17FN4S. The van der Waals surface area contributed by atoms with Gasteiger partial charge in [0.15, 0.2) is 5.11 Å². The van der Waals surface area contributed by atoms with Gasteiger partial charge in [-0.15, -0.1) is 0 Å². The maximum Gasteiger partial charge on any atom is 0.184 e. The molecule has 1 aromatic rings. The zero-order chi connectivity index (χ0) is 13.7. The Morgan fingerprint density at radius 3 is 2.74 bits per heavy atom. The molecule has 1 aliphatic heterocycles. The maximum absolute atomic E-state index is 14.0. The van der Waals surface area contributed by atoms with Gasteiger partial charge in [0, 0.05) is 13.1 Å². The number of anilines is 1. The summed E-state index contributed by atoms with van der Waals surface area (Å²) in [7, 11) is 0. The molecule has 0 saturated carbocycles. The molecule has 0 aliphatic carbocycles. The van der Waals surface area contributed by atoms with E-state index in [1.807, 2.05) is 6.07 Å². The third-order valence-electron chi connectivity index (χ3n) is 3.06. The number of hydrogen-bond donors (Lipinski definition) is 2. The minimum absolute atomic E-state index is 0.0849. The second kappa shape index (κ2) is 6.47. The van der Waals surface area contributed by atoms with E-state index in [1.54, 1.807) is 6.07 Å². The van der Waals surface area contributed by atoms with Gasteiger partial charge in [-0.2, -0.15) is 5.10 Å². The van der Waals surface area contributed by atoms with Crippen molar-refractivity contribution in [2.24, 2.45) is 10.8 Å². The highest BCUT2D eigenvalue weighted by Crippen LogP contribution is 2.23. The first-order chi connectivity index (χ1) is 9.16. The van der Waals surface area contributed by atoms with E-state index in [2.05, 4.69) is 27.6 Å². The number of nitrogens with one attached hydrogen (secondary N) is 1. The van der Waals surface area contributed by atoms with E-state index in [0.717, 1.165) is 25.9 Å². The summed E-state index contributed by atoms with van der Waals surface area (Å²) in [6.07, 6.45) is 4.97. The van der Waals surface area contributed by atoms with Gasteiger partial charge in [0.25, 0.3) is 0 Å². The molecule has 0 unspecified atom stereocenters. The van der Waals surface area contributed by atoms with Gasteiger partial charge >= 0.3 is 0 Å². The van der Waals surface area contributed by atoms with Crippen molar-refractivity contribution >= 4 is 29.2 Å². The molecular weight excluding hydrogens is 263 g/mol. The van der Waals surface area contributed by atoms with Crippen LogP contribution in [0.2, 0.25) is 0 Å². The topological polar surface area (TPSA) is 53.6 Å². The molecule has 4 nitrogen and oxygen atoms in total. The summed E-state index contributed by atoms with van der Waals surface area (Å²) >= 11 is 4.62. The monoisotopic (exact) mass is 280 g/mol. The molecule has 0 radical (unpaired) electrons. The van der Waals surface area contributed by atoms with E-state index >= 15 is 0 Å². The second-order valence-electron chi connectivity index (χ2n) is 4.49. The summed E-state index contributed by atoms with van der Waals surface area (Å²) in [4.78, 5) is 2.09. The number of piperidine rings is 1. The molecule has 1 aliphatic rings. The molecule has 0 spiro atoms. The van der Waals surface area contributed by atoms with E-state index in [4.69, 9.17) is 5.73 Å². The molecule has 1 aromatic carbocycles. The summed E-state index contributed by atoms with van der Waals surface area (Å²) in [5.74, 6) is -0.221. The van der Waals surface area contributed by atoms with E-state index in [1.165, 1.54) is 18.7 Å². The lowest BCUT2D eigenvalue weighted by Gasteiger charge is -2.29. The van der Waals surface area contributed by atoms with E-state index < -0.39 is 0 Å². The van der Waals surface area contributed by atoms with Crippen LogP contribution >= 0.6 is 12.2 Å². The molecule has 3 N–H and O–H groups in total. The molecule has 0 atom stereocenters. The fraction of sp³-hybridized carbons (Fsp3) is 0.385. The van der Waals surface area contributed by atoms with Crippen molar-refractivity contribution in [1.29, 1.82) is 0 Å². The summed E-state index contributed by atoms with van der Waals surface area (Å²) in [6.45, 7) is 1.85. The van der Waals surface area contributed by atoms with Crippen LogP contribution in [0.1, 0.15) is 24.8 Å². The molecule has 102 valence electrons. The Labute approximate surface area is 117 Å². The maximum atomic E-state index is 14.0. The number of hydrazone groups is 1. The number of rotatable bonds is 3. The molecule has 19 heavy (non-hydrogen) atoms. The van der Waals surface area contributed by atoms with Crippen LogP contribution in [-0.2, 0) is 0 Å². The first-order valence-corrected chi connectivity index (χ1v) is 6.70. The Morgan fingerprint density at radius 1 is 1.37 bits per heavy atom. The number of benzene rings is 1. The summed E-state index contributed by atoms with van der Waals surface area (Å²) in [5.41, 5.74) is 9.01. The molecule has 1 fully saturated rings. The smallest absolute Gasteiger partial charge is 0.184 e. The zero-order valence-corrected chi connectivity index (χ0v) is 11.4. The fourth-order valence-electron chi connectivity index (χ4n) is 2.17. The molecule has 0 aromatic heterocycles. The minimum atomic E-state index is -0.221. The summed E-state index contributed by atoms with van der Waals surface area (Å²) in [5, 5.41) is 3.89. The first-order valence-electron chi connectivity index (χ1n) is 6.30. The lowest BCUT2D eigenvalue weighted by atomic mass is 10.1. The predicted octanol–water partition coefficient (Wildman–Crippen LogP) is 1.98. The van der Waals surface area contributed by atoms with Gasteiger partial charge in [-0.3, -0.25) is 5.43 Å². The quantitative estimate of drug-likeness (QED) is 0.505.